The van der Waals surface area contributed by atoms with Crippen molar-refractivity contribution in [1.82, 2.24) is 4.57 Å². The summed E-state index contributed by atoms with van der Waals surface area (Å²) in [5, 5.41) is 9.11. The minimum atomic E-state index is -1.17. The van der Waals surface area contributed by atoms with Gasteiger partial charge in [0.15, 0.2) is 17.2 Å². The first-order valence-electron chi connectivity index (χ1n) is 13.2. The van der Waals surface area contributed by atoms with Crippen LogP contribution < -0.4 is 19.6 Å². The topological polar surface area (TPSA) is 107 Å². The molecule has 0 radical (unpaired) electrons. The number of carbonyl (C=O) groups excluding carboxylic acids is 1. The van der Waals surface area contributed by atoms with E-state index < -0.39 is 24.6 Å². The molecular weight excluding hydrogens is 587 g/mol. The number of hydrogen-bond donors (Lipinski definition) is 1. The molecule has 1 aliphatic rings. The highest BCUT2D eigenvalue weighted by atomic mass is 35.5. The molecule has 8 nitrogen and oxygen atoms in total. The maximum atomic E-state index is 13.9. The van der Waals surface area contributed by atoms with Gasteiger partial charge in [-0.2, -0.15) is 0 Å². The SMILES string of the molecule is CCCC1=C(C(=O)OCC)[C@H](c2ccc(C(C)C)cc2)n2c(s/c(=C\c3cc(Cl)c(OCC(=O)O)c(Cl)c3)c2=O)=N1. The van der Waals surface area contributed by atoms with Gasteiger partial charge in [0.1, 0.15) is 0 Å². The first-order valence-corrected chi connectivity index (χ1v) is 14.8. The van der Waals surface area contributed by atoms with E-state index in [1.165, 1.54) is 23.5 Å². The van der Waals surface area contributed by atoms with E-state index in [0.29, 0.717) is 38.5 Å². The molecule has 216 valence electrons. The Kier molecular flexibility index (Phi) is 9.73. The average molecular weight is 618 g/mol. The van der Waals surface area contributed by atoms with Crippen LogP contribution >= 0.6 is 34.5 Å². The third-order valence-corrected chi connectivity index (χ3v) is 8.01. The summed E-state index contributed by atoms with van der Waals surface area (Å²) in [5.41, 5.74) is 3.06. The zero-order chi connectivity index (χ0) is 29.8. The fourth-order valence-corrected chi connectivity index (χ4v) is 6.22. The molecule has 0 saturated heterocycles. The summed E-state index contributed by atoms with van der Waals surface area (Å²) in [6.07, 6.45) is 2.93. The van der Waals surface area contributed by atoms with Crippen molar-refractivity contribution in [3.63, 3.8) is 0 Å². The molecule has 0 unspecified atom stereocenters. The number of allylic oxidation sites excluding steroid dienone is 1. The largest absolute Gasteiger partial charge is 0.479 e. The van der Waals surface area contributed by atoms with Crippen LogP contribution in [0.2, 0.25) is 10.0 Å². The van der Waals surface area contributed by atoms with Crippen molar-refractivity contribution in [3.8, 4) is 5.75 Å². The number of nitrogens with zero attached hydrogens (tertiary/aromatic N) is 2. The third kappa shape index (κ3) is 6.58. The van der Waals surface area contributed by atoms with Crippen molar-refractivity contribution >= 4 is 52.6 Å². The number of esters is 1. The van der Waals surface area contributed by atoms with Crippen LogP contribution in [0.15, 0.2) is 57.5 Å². The number of ether oxygens (including phenoxy) is 2. The molecule has 0 saturated carbocycles. The molecular formula is C30H30Cl2N2O6S. The zero-order valence-corrected chi connectivity index (χ0v) is 25.4. The number of carbonyl (C=O) groups is 2. The van der Waals surface area contributed by atoms with Gasteiger partial charge in [0, 0.05) is 0 Å². The van der Waals surface area contributed by atoms with Gasteiger partial charge in [0.2, 0.25) is 0 Å². The van der Waals surface area contributed by atoms with Crippen molar-refractivity contribution in [3.05, 3.63) is 94.1 Å². The standard InChI is InChI=1S/C30H30Cl2N2O6S/c1-5-7-22-25(29(38)39-6-2)26(19-10-8-18(9-11-19)16(3)4)34-28(37)23(41-30(34)33-22)14-17-12-20(31)27(21(32)13-17)40-15-24(35)36/h8-14,16,26H,5-7,15H2,1-4H3,(H,35,36)/b23-14-/t26-/m0/s1. The Morgan fingerprint density at radius 2 is 1.80 bits per heavy atom. The highest BCUT2D eigenvalue weighted by Crippen LogP contribution is 2.35. The van der Waals surface area contributed by atoms with Gasteiger partial charge in [-0.1, -0.05) is 86.0 Å². The van der Waals surface area contributed by atoms with Crippen molar-refractivity contribution in [2.24, 2.45) is 4.99 Å². The molecule has 0 aliphatic carbocycles. The molecule has 2 aromatic carbocycles. The van der Waals surface area contributed by atoms with Crippen LogP contribution in [0.4, 0.5) is 0 Å². The van der Waals surface area contributed by atoms with Crippen molar-refractivity contribution in [1.29, 1.82) is 0 Å². The smallest absolute Gasteiger partial charge is 0.341 e. The molecule has 3 aromatic rings. The van der Waals surface area contributed by atoms with Crippen molar-refractivity contribution < 1.29 is 24.2 Å². The van der Waals surface area contributed by atoms with Crippen LogP contribution in [0.5, 0.6) is 5.75 Å². The lowest BCUT2D eigenvalue weighted by Crippen LogP contribution is -2.40. The van der Waals surface area contributed by atoms with Crippen molar-refractivity contribution in [2.45, 2.75) is 52.5 Å². The lowest BCUT2D eigenvalue weighted by atomic mass is 9.92. The average Bonchev–Trinajstić information content (AvgIpc) is 3.21. The minimum Gasteiger partial charge on any atom is -0.479 e. The summed E-state index contributed by atoms with van der Waals surface area (Å²) >= 11 is 13.8. The van der Waals surface area contributed by atoms with Gasteiger partial charge in [0.05, 0.1) is 38.5 Å². The first-order chi connectivity index (χ1) is 19.5. The quantitative estimate of drug-likeness (QED) is 0.303. The van der Waals surface area contributed by atoms with E-state index in [2.05, 4.69) is 13.8 Å². The Hall–Kier alpha value is -3.40. The monoisotopic (exact) mass is 616 g/mol. The van der Waals surface area contributed by atoms with Gasteiger partial charge in [0.25, 0.3) is 5.56 Å². The Balaban J connectivity index is 1.91. The van der Waals surface area contributed by atoms with E-state index in [0.717, 1.165) is 17.5 Å². The lowest BCUT2D eigenvalue weighted by molar-refractivity contribution is -0.140. The number of aliphatic carboxylic acids is 1. The second-order valence-corrected chi connectivity index (χ2v) is 11.6. The number of halogens is 2. The zero-order valence-electron chi connectivity index (χ0n) is 23.1. The summed E-state index contributed by atoms with van der Waals surface area (Å²) in [5.74, 6) is -1.30. The Bertz CT molecular complexity index is 1670. The van der Waals surface area contributed by atoms with Crippen LogP contribution in [0.25, 0.3) is 6.08 Å². The molecule has 0 spiro atoms. The summed E-state index contributed by atoms with van der Waals surface area (Å²) < 4.78 is 12.5. The van der Waals surface area contributed by atoms with Crippen molar-refractivity contribution in [2.75, 3.05) is 13.2 Å². The molecule has 1 N–H and O–H groups in total. The predicted octanol–water partition coefficient (Wildman–Crippen LogP) is 5.47. The first kappa shape index (κ1) is 30.6. The van der Waals surface area contributed by atoms with E-state index in [9.17, 15) is 14.4 Å². The van der Waals surface area contributed by atoms with E-state index in [4.69, 9.17) is 42.8 Å². The minimum absolute atomic E-state index is 0.0440. The number of carboxylic acids is 1. The number of rotatable bonds is 10. The Morgan fingerprint density at radius 3 is 2.37 bits per heavy atom. The second-order valence-electron chi connectivity index (χ2n) is 9.73. The van der Waals surface area contributed by atoms with Gasteiger partial charge in [-0.3, -0.25) is 9.36 Å². The highest BCUT2D eigenvalue weighted by Gasteiger charge is 2.34. The maximum Gasteiger partial charge on any atom is 0.341 e. The van der Waals surface area contributed by atoms with Crippen LogP contribution in [0.1, 0.15) is 69.2 Å². The maximum absolute atomic E-state index is 13.9. The molecule has 11 heteroatoms. The molecule has 1 aliphatic heterocycles. The van der Waals surface area contributed by atoms with E-state index >= 15 is 0 Å². The van der Waals surface area contributed by atoms with Crippen LogP contribution in [0, 0.1) is 0 Å². The van der Waals surface area contributed by atoms with Gasteiger partial charge < -0.3 is 14.6 Å². The molecule has 1 aromatic heterocycles. The molecule has 2 heterocycles. The van der Waals surface area contributed by atoms with Crippen LogP contribution in [-0.2, 0) is 14.3 Å². The molecule has 41 heavy (non-hydrogen) atoms. The lowest BCUT2D eigenvalue weighted by Gasteiger charge is -2.26. The summed E-state index contributed by atoms with van der Waals surface area (Å²) in [6.45, 7) is 7.55. The molecule has 0 amide bonds. The molecule has 0 bridgehead atoms. The fraction of sp³-hybridized carbons (Fsp3) is 0.333. The van der Waals surface area contributed by atoms with E-state index in [-0.39, 0.29) is 28.0 Å². The van der Waals surface area contributed by atoms with Gasteiger partial charge in [-0.25, -0.2) is 14.6 Å². The molecule has 1 atom stereocenters. The second kappa shape index (κ2) is 13.1. The normalized spacial score (nSPS) is 15.1. The predicted molar refractivity (Wildman–Crippen MR) is 160 cm³/mol. The Labute approximate surface area is 251 Å². The number of hydrogen-bond acceptors (Lipinski definition) is 7. The molecule has 4 rings (SSSR count). The molecule has 0 fully saturated rings. The highest BCUT2D eigenvalue weighted by molar-refractivity contribution is 7.07. The fourth-order valence-electron chi connectivity index (χ4n) is 4.59. The number of carboxylic acid groups (broad SMARTS) is 1. The summed E-state index contributed by atoms with van der Waals surface area (Å²) in [4.78, 5) is 43.4. The number of fused-ring (bicyclic) bond motifs is 1. The van der Waals surface area contributed by atoms with Gasteiger partial charge in [-0.15, -0.1) is 0 Å². The van der Waals surface area contributed by atoms with E-state index in [1.54, 1.807) is 17.6 Å². The Morgan fingerprint density at radius 1 is 1.15 bits per heavy atom. The van der Waals surface area contributed by atoms with Gasteiger partial charge in [-0.05, 0) is 54.2 Å². The van der Waals surface area contributed by atoms with Gasteiger partial charge >= 0.3 is 11.9 Å². The number of thiazole rings is 1. The van der Waals surface area contributed by atoms with Crippen LogP contribution in [0.3, 0.4) is 0 Å². The number of aromatic nitrogens is 1. The van der Waals surface area contributed by atoms with E-state index in [1.807, 2.05) is 31.2 Å². The summed E-state index contributed by atoms with van der Waals surface area (Å²) in [7, 11) is 0. The third-order valence-electron chi connectivity index (χ3n) is 6.47. The number of benzene rings is 2. The summed E-state index contributed by atoms with van der Waals surface area (Å²) in [6, 6.07) is 10.3. The van der Waals surface area contributed by atoms with Crippen LogP contribution in [-0.4, -0.2) is 34.8 Å².